The molecule has 1 N–H and O–H groups in total. The van der Waals surface area contributed by atoms with Gasteiger partial charge in [0.05, 0.1) is 0 Å². The first-order chi connectivity index (χ1) is 16.5. The van der Waals surface area contributed by atoms with Crippen molar-refractivity contribution in [1.29, 1.82) is 0 Å². The first kappa shape index (κ1) is 25.3. The molecule has 1 unspecified atom stereocenters. The van der Waals surface area contributed by atoms with E-state index in [-0.39, 0.29) is 18.4 Å². The van der Waals surface area contributed by atoms with Crippen molar-refractivity contribution >= 4 is 23.4 Å². The van der Waals surface area contributed by atoms with Crippen molar-refractivity contribution in [3.05, 3.63) is 101 Å². The van der Waals surface area contributed by atoms with Crippen molar-refractivity contribution in [1.82, 2.24) is 10.2 Å². The molecule has 0 spiro atoms. The third-order valence-electron chi connectivity index (χ3n) is 5.58. The van der Waals surface area contributed by atoms with Crippen LogP contribution < -0.4 is 10.1 Å². The van der Waals surface area contributed by atoms with Crippen LogP contribution in [0.1, 0.15) is 30.0 Å². The fraction of sp³-hybridized carbons (Fsp3) is 0.286. The second kappa shape index (κ2) is 12.8. The number of nitrogens with zero attached hydrogens (tertiary/aromatic N) is 1. The third-order valence-corrected chi connectivity index (χ3v) is 5.82. The fourth-order valence-corrected chi connectivity index (χ4v) is 3.86. The van der Waals surface area contributed by atoms with Gasteiger partial charge in [-0.2, -0.15) is 0 Å². The SMILES string of the molecule is CCCNC(=O)C(Cc1ccccc1)N(Cc1ccccc1C)C(=O)COc1cccc(Cl)c1. The standard InChI is InChI=1S/C28H31ClN2O3/c1-3-16-30-28(33)26(17-22-11-5-4-6-12-22)31(19-23-13-8-7-10-21(23)2)27(32)20-34-25-15-9-14-24(29)18-25/h4-15,18,26H,3,16-17,19-20H2,1-2H3,(H,30,33). The van der Waals surface area contributed by atoms with Crippen molar-refractivity contribution in [3.63, 3.8) is 0 Å². The Morgan fingerprint density at radius 3 is 2.44 bits per heavy atom. The highest BCUT2D eigenvalue weighted by molar-refractivity contribution is 6.30. The van der Waals surface area contributed by atoms with Gasteiger partial charge in [-0.05, 0) is 48.2 Å². The molecule has 3 aromatic rings. The van der Waals surface area contributed by atoms with Crippen LogP contribution in [0.2, 0.25) is 5.02 Å². The van der Waals surface area contributed by atoms with E-state index in [4.69, 9.17) is 16.3 Å². The highest BCUT2D eigenvalue weighted by atomic mass is 35.5. The summed E-state index contributed by atoms with van der Waals surface area (Å²) in [4.78, 5) is 28.4. The maximum absolute atomic E-state index is 13.5. The lowest BCUT2D eigenvalue weighted by molar-refractivity contribution is -0.142. The van der Waals surface area contributed by atoms with Gasteiger partial charge in [0, 0.05) is 24.5 Å². The molecule has 0 aliphatic carbocycles. The zero-order chi connectivity index (χ0) is 24.3. The Labute approximate surface area is 206 Å². The lowest BCUT2D eigenvalue weighted by atomic mass is 10.0. The van der Waals surface area contributed by atoms with E-state index < -0.39 is 6.04 Å². The number of nitrogens with one attached hydrogen (secondary N) is 1. The van der Waals surface area contributed by atoms with Crippen LogP contribution in [0.5, 0.6) is 5.75 Å². The highest BCUT2D eigenvalue weighted by Crippen LogP contribution is 2.20. The van der Waals surface area contributed by atoms with Crippen molar-refractivity contribution in [2.24, 2.45) is 0 Å². The molecule has 0 aromatic heterocycles. The molecule has 3 rings (SSSR count). The van der Waals surface area contributed by atoms with E-state index in [9.17, 15) is 9.59 Å². The van der Waals surface area contributed by atoms with E-state index in [2.05, 4.69) is 5.32 Å². The molecule has 0 heterocycles. The van der Waals surface area contributed by atoms with Gasteiger partial charge in [0.25, 0.3) is 5.91 Å². The van der Waals surface area contributed by atoms with Gasteiger partial charge < -0.3 is 15.0 Å². The van der Waals surface area contributed by atoms with Gasteiger partial charge in [0.15, 0.2) is 6.61 Å². The highest BCUT2D eigenvalue weighted by Gasteiger charge is 2.30. The summed E-state index contributed by atoms with van der Waals surface area (Å²) in [5.41, 5.74) is 3.03. The van der Waals surface area contributed by atoms with Crippen LogP contribution in [-0.2, 0) is 22.6 Å². The molecule has 5 nitrogen and oxygen atoms in total. The number of rotatable bonds is 11. The molecule has 3 aromatic carbocycles. The lowest BCUT2D eigenvalue weighted by Gasteiger charge is -2.32. The van der Waals surface area contributed by atoms with Crippen LogP contribution in [-0.4, -0.2) is 35.9 Å². The van der Waals surface area contributed by atoms with Crippen LogP contribution in [0.3, 0.4) is 0 Å². The summed E-state index contributed by atoms with van der Waals surface area (Å²) in [7, 11) is 0. The summed E-state index contributed by atoms with van der Waals surface area (Å²) in [6.45, 7) is 4.67. The van der Waals surface area contributed by atoms with Crippen LogP contribution >= 0.6 is 11.6 Å². The number of aryl methyl sites for hydroxylation is 1. The van der Waals surface area contributed by atoms with Gasteiger partial charge in [-0.15, -0.1) is 0 Å². The predicted molar refractivity (Wildman–Crippen MR) is 136 cm³/mol. The van der Waals surface area contributed by atoms with E-state index in [0.717, 1.165) is 23.1 Å². The molecule has 1 atom stereocenters. The molecular formula is C28H31ClN2O3. The van der Waals surface area contributed by atoms with Crippen LogP contribution in [0, 0.1) is 6.92 Å². The minimum atomic E-state index is -0.677. The van der Waals surface area contributed by atoms with Crippen LogP contribution in [0.25, 0.3) is 0 Å². The van der Waals surface area contributed by atoms with Crippen molar-refractivity contribution in [2.45, 2.75) is 39.3 Å². The van der Waals surface area contributed by atoms with Crippen LogP contribution in [0.4, 0.5) is 0 Å². The molecule has 0 aliphatic rings. The second-order valence-corrected chi connectivity index (χ2v) is 8.63. The number of hydrogen-bond acceptors (Lipinski definition) is 3. The summed E-state index contributed by atoms with van der Waals surface area (Å²) >= 11 is 6.05. The summed E-state index contributed by atoms with van der Waals surface area (Å²) < 4.78 is 5.75. The van der Waals surface area contributed by atoms with Crippen molar-refractivity contribution < 1.29 is 14.3 Å². The summed E-state index contributed by atoms with van der Waals surface area (Å²) in [5, 5.41) is 3.51. The summed E-state index contributed by atoms with van der Waals surface area (Å²) in [6, 6.07) is 23.9. The van der Waals surface area contributed by atoms with Gasteiger partial charge in [-0.25, -0.2) is 0 Å². The Kier molecular flexibility index (Phi) is 9.53. The molecular weight excluding hydrogens is 448 g/mol. The molecule has 2 amide bonds. The number of carbonyl (C=O) groups excluding carboxylic acids is 2. The third kappa shape index (κ3) is 7.35. The quantitative estimate of drug-likeness (QED) is 0.412. The van der Waals surface area contributed by atoms with Crippen molar-refractivity contribution in [3.8, 4) is 5.75 Å². The van der Waals surface area contributed by atoms with E-state index >= 15 is 0 Å². The average Bonchev–Trinajstić information content (AvgIpc) is 2.85. The van der Waals surface area contributed by atoms with Crippen LogP contribution in [0.15, 0.2) is 78.9 Å². The Hall–Kier alpha value is -3.31. The van der Waals surface area contributed by atoms with E-state index in [1.807, 2.05) is 68.4 Å². The molecule has 0 radical (unpaired) electrons. The zero-order valence-electron chi connectivity index (χ0n) is 19.7. The first-order valence-corrected chi connectivity index (χ1v) is 11.9. The van der Waals surface area contributed by atoms with Gasteiger partial charge in [0.1, 0.15) is 11.8 Å². The smallest absolute Gasteiger partial charge is 0.261 e. The Balaban J connectivity index is 1.90. The van der Waals surface area contributed by atoms with E-state index in [1.54, 1.807) is 29.2 Å². The molecule has 0 saturated heterocycles. The summed E-state index contributed by atoms with van der Waals surface area (Å²) in [6.07, 6.45) is 1.22. The lowest BCUT2D eigenvalue weighted by Crippen LogP contribution is -2.51. The first-order valence-electron chi connectivity index (χ1n) is 11.5. The van der Waals surface area contributed by atoms with Gasteiger partial charge in [0.2, 0.25) is 5.91 Å². The van der Waals surface area contributed by atoms with E-state index in [1.165, 1.54) is 0 Å². The summed E-state index contributed by atoms with van der Waals surface area (Å²) in [5.74, 6) is 0.0675. The molecule has 34 heavy (non-hydrogen) atoms. The topological polar surface area (TPSA) is 58.6 Å². The molecule has 6 heteroatoms. The normalized spacial score (nSPS) is 11.5. The fourth-order valence-electron chi connectivity index (χ4n) is 3.68. The number of halogens is 1. The minimum Gasteiger partial charge on any atom is -0.484 e. The second-order valence-electron chi connectivity index (χ2n) is 8.19. The molecule has 0 bridgehead atoms. The maximum atomic E-state index is 13.5. The Bertz CT molecular complexity index is 1090. The van der Waals surface area contributed by atoms with Gasteiger partial charge >= 0.3 is 0 Å². The Morgan fingerprint density at radius 1 is 1.00 bits per heavy atom. The minimum absolute atomic E-state index is 0.171. The largest absolute Gasteiger partial charge is 0.484 e. The molecule has 0 fully saturated rings. The van der Waals surface area contributed by atoms with Crippen molar-refractivity contribution in [2.75, 3.05) is 13.2 Å². The number of benzene rings is 3. The molecule has 178 valence electrons. The number of amides is 2. The zero-order valence-corrected chi connectivity index (χ0v) is 20.4. The van der Waals surface area contributed by atoms with Gasteiger partial charge in [-0.3, -0.25) is 9.59 Å². The Morgan fingerprint density at radius 2 is 1.74 bits per heavy atom. The monoisotopic (exact) mass is 478 g/mol. The van der Waals surface area contributed by atoms with E-state index in [0.29, 0.717) is 30.3 Å². The number of carbonyl (C=O) groups is 2. The van der Waals surface area contributed by atoms with Gasteiger partial charge in [-0.1, -0.05) is 79.2 Å². The molecule has 0 saturated carbocycles. The number of hydrogen-bond donors (Lipinski definition) is 1. The predicted octanol–water partition coefficient (Wildman–Crippen LogP) is 5.19. The average molecular weight is 479 g/mol. The molecule has 0 aliphatic heterocycles. The number of ether oxygens (including phenoxy) is 1. The maximum Gasteiger partial charge on any atom is 0.261 e.